The van der Waals surface area contributed by atoms with E-state index in [9.17, 15) is 0 Å². The zero-order chi connectivity index (χ0) is 13.8. The van der Waals surface area contributed by atoms with Crippen LogP contribution in [0.4, 0.5) is 0 Å². The van der Waals surface area contributed by atoms with Gasteiger partial charge in [-0.3, -0.25) is 10.5 Å². The molecule has 0 aliphatic heterocycles. The Morgan fingerprint density at radius 2 is 2.00 bits per heavy atom. The van der Waals surface area contributed by atoms with Crippen LogP contribution in [0.15, 0.2) is 24.7 Å². The van der Waals surface area contributed by atoms with Crippen molar-refractivity contribution >= 4 is 0 Å². The molecule has 0 amide bonds. The third-order valence-corrected chi connectivity index (χ3v) is 2.79. The fraction of sp³-hybridized carbons (Fsp3) is 0.417. The van der Waals surface area contributed by atoms with Crippen LogP contribution in [0.1, 0.15) is 37.4 Å². The van der Waals surface area contributed by atoms with E-state index in [0.29, 0.717) is 11.6 Å². The molecule has 19 heavy (non-hydrogen) atoms. The molecule has 2 aromatic rings. The van der Waals surface area contributed by atoms with Crippen molar-refractivity contribution in [2.75, 3.05) is 7.11 Å². The van der Waals surface area contributed by atoms with Gasteiger partial charge < -0.3 is 4.74 Å². The van der Waals surface area contributed by atoms with E-state index in [1.54, 1.807) is 31.8 Å². The van der Waals surface area contributed by atoms with Crippen molar-refractivity contribution in [2.45, 2.75) is 25.9 Å². The van der Waals surface area contributed by atoms with Gasteiger partial charge in [0, 0.05) is 18.4 Å². The number of aromatic nitrogens is 4. The first-order valence-corrected chi connectivity index (χ1v) is 6.03. The monoisotopic (exact) mass is 262 g/mol. The quantitative estimate of drug-likeness (QED) is 0.612. The predicted molar refractivity (Wildman–Crippen MR) is 70.4 cm³/mol. The van der Waals surface area contributed by atoms with Crippen LogP contribution in [-0.4, -0.2) is 26.9 Å². The molecule has 2 aromatic heterocycles. The van der Waals surface area contributed by atoms with Gasteiger partial charge in [0.2, 0.25) is 0 Å². The van der Waals surface area contributed by atoms with Crippen molar-refractivity contribution < 1.29 is 4.74 Å². The molecule has 102 valence electrons. The van der Waals surface area contributed by atoms with E-state index >= 15 is 0 Å². The topological polar surface area (TPSA) is 90.9 Å². The first-order valence-electron chi connectivity index (χ1n) is 6.03. The molecule has 0 aromatic carbocycles. The molecule has 3 N–H and O–H groups in total. The van der Waals surface area contributed by atoms with Crippen LogP contribution in [0.2, 0.25) is 0 Å². The summed E-state index contributed by atoms with van der Waals surface area (Å²) in [6, 6.07) is 1.56. The van der Waals surface area contributed by atoms with Gasteiger partial charge in [-0.05, 0) is 19.9 Å². The largest absolute Gasteiger partial charge is 0.493 e. The van der Waals surface area contributed by atoms with E-state index in [1.807, 2.05) is 18.5 Å². The lowest BCUT2D eigenvalue weighted by molar-refractivity contribution is 0.391. The molecule has 0 saturated carbocycles. The Labute approximate surface area is 111 Å². The standard InChI is InChI=1S/C12H18N6O/c1-8(2)18-11(9(19-3)7-16-18)10(17-13)12-14-5-4-6-15-12/h4-8,10,17H,13H2,1-3H3. The van der Waals surface area contributed by atoms with E-state index in [0.717, 1.165) is 5.69 Å². The Morgan fingerprint density at radius 1 is 1.32 bits per heavy atom. The first kappa shape index (κ1) is 13.4. The van der Waals surface area contributed by atoms with E-state index in [1.165, 1.54) is 0 Å². The Balaban J connectivity index is 2.51. The first-order chi connectivity index (χ1) is 9.19. The summed E-state index contributed by atoms with van der Waals surface area (Å²) < 4.78 is 7.19. The second-order valence-electron chi connectivity index (χ2n) is 4.34. The number of nitrogens with one attached hydrogen (secondary N) is 1. The summed E-state index contributed by atoms with van der Waals surface area (Å²) in [5.41, 5.74) is 3.54. The van der Waals surface area contributed by atoms with Crippen LogP contribution in [-0.2, 0) is 0 Å². The van der Waals surface area contributed by atoms with Gasteiger partial charge in [0.15, 0.2) is 11.6 Å². The lowest BCUT2D eigenvalue weighted by Crippen LogP contribution is -2.32. The Morgan fingerprint density at radius 3 is 2.53 bits per heavy atom. The minimum atomic E-state index is -0.374. The maximum Gasteiger partial charge on any atom is 0.162 e. The number of hydrazine groups is 1. The molecule has 0 aliphatic rings. The van der Waals surface area contributed by atoms with E-state index in [4.69, 9.17) is 10.6 Å². The van der Waals surface area contributed by atoms with Gasteiger partial charge in [0.05, 0.1) is 13.3 Å². The molecule has 1 unspecified atom stereocenters. The minimum absolute atomic E-state index is 0.179. The highest BCUT2D eigenvalue weighted by molar-refractivity contribution is 5.32. The van der Waals surface area contributed by atoms with Crippen LogP contribution < -0.4 is 16.0 Å². The molecule has 0 spiro atoms. The molecular weight excluding hydrogens is 244 g/mol. The maximum atomic E-state index is 5.66. The molecule has 0 fully saturated rings. The van der Waals surface area contributed by atoms with Crippen molar-refractivity contribution in [3.63, 3.8) is 0 Å². The molecule has 0 radical (unpaired) electrons. The number of methoxy groups -OCH3 is 1. The van der Waals surface area contributed by atoms with E-state index < -0.39 is 0 Å². The second kappa shape index (κ2) is 5.77. The number of hydrogen-bond acceptors (Lipinski definition) is 6. The van der Waals surface area contributed by atoms with Crippen LogP contribution in [0.3, 0.4) is 0 Å². The highest BCUT2D eigenvalue weighted by Gasteiger charge is 2.25. The third kappa shape index (κ3) is 2.56. The summed E-state index contributed by atoms with van der Waals surface area (Å²) in [5, 5.41) is 4.32. The van der Waals surface area contributed by atoms with Gasteiger partial charge in [-0.25, -0.2) is 15.4 Å². The van der Waals surface area contributed by atoms with Gasteiger partial charge in [-0.15, -0.1) is 0 Å². The summed E-state index contributed by atoms with van der Waals surface area (Å²) in [4.78, 5) is 8.46. The van der Waals surface area contributed by atoms with Crippen LogP contribution in [0.25, 0.3) is 0 Å². The molecule has 1 atom stereocenters. The van der Waals surface area contributed by atoms with Crippen molar-refractivity contribution in [1.29, 1.82) is 0 Å². The molecule has 0 aliphatic carbocycles. The lowest BCUT2D eigenvalue weighted by Gasteiger charge is -2.19. The van der Waals surface area contributed by atoms with E-state index in [2.05, 4.69) is 20.5 Å². The van der Waals surface area contributed by atoms with Crippen LogP contribution in [0.5, 0.6) is 5.75 Å². The fourth-order valence-electron chi connectivity index (χ4n) is 1.93. The number of hydrogen-bond donors (Lipinski definition) is 2. The number of nitrogens with zero attached hydrogens (tertiary/aromatic N) is 4. The maximum absolute atomic E-state index is 5.66. The summed E-state index contributed by atoms with van der Waals surface area (Å²) in [6.07, 6.45) is 5.02. The molecule has 2 heterocycles. The lowest BCUT2D eigenvalue weighted by atomic mass is 10.1. The average molecular weight is 262 g/mol. The van der Waals surface area contributed by atoms with Gasteiger partial charge in [0.1, 0.15) is 11.7 Å². The van der Waals surface area contributed by atoms with Crippen molar-refractivity contribution in [3.8, 4) is 5.75 Å². The zero-order valence-corrected chi connectivity index (χ0v) is 11.2. The number of ether oxygens (including phenoxy) is 1. The summed E-state index contributed by atoms with van der Waals surface area (Å²) in [5.74, 6) is 6.89. The smallest absolute Gasteiger partial charge is 0.162 e. The summed E-state index contributed by atoms with van der Waals surface area (Å²) in [6.45, 7) is 4.07. The Bertz CT molecular complexity index is 524. The molecule has 0 saturated heterocycles. The van der Waals surface area contributed by atoms with Gasteiger partial charge in [-0.2, -0.15) is 5.10 Å². The van der Waals surface area contributed by atoms with Crippen molar-refractivity contribution in [3.05, 3.63) is 36.2 Å². The van der Waals surface area contributed by atoms with Crippen LogP contribution >= 0.6 is 0 Å². The number of nitrogens with two attached hydrogens (primary N) is 1. The molecule has 7 heteroatoms. The average Bonchev–Trinajstić information content (AvgIpc) is 2.85. The summed E-state index contributed by atoms with van der Waals surface area (Å²) in [7, 11) is 1.60. The Hall–Kier alpha value is -1.99. The minimum Gasteiger partial charge on any atom is -0.493 e. The van der Waals surface area contributed by atoms with Crippen molar-refractivity contribution in [2.24, 2.45) is 5.84 Å². The van der Waals surface area contributed by atoms with E-state index in [-0.39, 0.29) is 12.1 Å². The third-order valence-electron chi connectivity index (χ3n) is 2.79. The highest BCUT2D eigenvalue weighted by atomic mass is 16.5. The SMILES string of the molecule is COc1cnn(C(C)C)c1C(NN)c1ncccn1. The van der Waals surface area contributed by atoms with Crippen molar-refractivity contribution in [1.82, 2.24) is 25.2 Å². The van der Waals surface area contributed by atoms with Gasteiger partial charge in [-0.1, -0.05) is 0 Å². The molecule has 0 bridgehead atoms. The molecule has 2 rings (SSSR count). The Kier molecular flexibility index (Phi) is 4.08. The predicted octanol–water partition coefficient (Wildman–Crippen LogP) is 0.815. The molecular formula is C12H18N6O. The second-order valence-corrected chi connectivity index (χ2v) is 4.34. The zero-order valence-electron chi connectivity index (χ0n) is 11.2. The molecule has 7 nitrogen and oxygen atoms in total. The fourth-order valence-corrected chi connectivity index (χ4v) is 1.93. The van der Waals surface area contributed by atoms with Gasteiger partial charge >= 0.3 is 0 Å². The summed E-state index contributed by atoms with van der Waals surface area (Å²) >= 11 is 0. The van der Waals surface area contributed by atoms with Crippen LogP contribution in [0, 0.1) is 0 Å². The normalized spacial score (nSPS) is 12.7. The van der Waals surface area contributed by atoms with Gasteiger partial charge in [0.25, 0.3) is 0 Å². The highest BCUT2D eigenvalue weighted by Crippen LogP contribution is 2.29. The number of rotatable bonds is 5.